The second-order valence-corrected chi connectivity index (χ2v) is 6.92. The van der Waals surface area contributed by atoms with E-state index in [1.54, 1.807) is 0 Å². The van der Waals surface area contributed by atoms with Gasteiger partial charge in [0.05, 0.1) is 24.1 Å². The molecular formula is C20H19Cl2F3N6O2. The zero-order chi connectivity index (χ0) is 23.3. The van der Waals surface area contributed by atoms with Crippen LogP contribution >= 0.6 is 24.0 Å². The number of rotatable bonds is 8. The Kier molecular flexibility index (Phi) is 9.21. The number of carbonyl (C=O) groups excluding carboxylic acids is 1. The summed E-state index contributed by atoms with van der Waals surface area (Å²) >= 11 is 5.79. The maximum Gasteiger partial charge on any atom is 0.276 e. The molecule has 2 heterocycles. The Hall–Kier alpha value is -3.15. The van der Waals surface area contributed by atoms with Crippen LogP contribution in [0.3, 0.4) is 0 Å². The first kappa shape index (κ1) is 26.1. The molecule has 1 aromatic carbocycles. The summed E-state index contributed by atoms with van der Waals surface area (Å²) in [4.78, 5) is 24.3. The smallest absolute Gasteiger partial charge is 0.276 e. The first-order valence-electron chi connectivity index (χ1n) is 9.26. The van der Waals surface area contributed by atoms with E-state index >= 15 is 0 Å². The fraction of sp³-hybridized carbons (Fsp3) is 0.200. The number of anilines is 2. The van der Waals surface area contributed by atoms with Crippen molar-refractivity contribution in [1.82, 2.24) is 15.0 Å². The second-order valence-electron chi connectivity index (χ2n) is 6.62. The number of amides is 1. The molecule has 3 rings (SSSR count). The molecule has 0 saturated heterocycles. The number of nitrogens with zero attached hydrogens (tertiary/aromatic N) is 3. The van der Waals surface area contributed by atoms with Crippen molar-refractivity contribution in [3.05, 3.63) is 59.9 Å². The van der Waals surface area contributed by atoms with Crippen LogP contribution in [0.4, 0.5) is 24.5 Å². The minimum absolute atomic E-state index is 0. The Morgan fingerprint density at radius 3 is 2.55 bits per heavy atom. The molecule has 5 N–H and O–H groups in total. The molecule has 0 spiro atoms. The molecule has 0 fully saturated rings. The number of halogens is 5. The van der Waals surface area contributed by atoms with Crippen LogP contribution in [0.5, 0.6) is 5.88 Å². The summed E-state index contributed by atoms with van der Waals surface area (Å²) in [6.45, 7) is 0.412. The monoisotopic (exact) mass is 502 g/mol. The predicted molar refractivity (Wildman–Crippen MR) is 120 cm³/mol. The topological polar surface area (TPSA) is 129 Å². The Labute approximate surface area is 197 Å². The van der Waals surface area contributed by atoms with Crippen LogP contribution in [-0.2, 0) is 0 Å². The average Bonchev–Trinajstić information content (AvgIpc) is 2.76. The van der Waals surface area contributed by atoms with E-state index in [-0.39, 0.29) is 54.6 Å². The number of pyridine rings is 1. The van der Waals surface area contributed by atoms with Crippen LogP contribution in [0, 0.1) is 23.4 Å². The molecule has 0 aliphatic heterocycles. The fourth-order valence-corrected chi connectivity index (χ4v) is 2.87. The van der Waals surface area contributed by atoms with E-state index in [2.05, 4.69) is 20.3 Å². The van der Waals surface area contributed by atoms with Gasteiger partial charge in [0.1, 0.15) is 29.3 Å². The van der Waals surface area contributed by atoms with Gasteiger partial charge in [-0.1, -0.05) is 6.07 Å². The van der Waals surface area contributed by atoms with E-state index in [0.29, 0.717) is 0 Å². The summed E-state index contributed by atoms with van der Waals surface area (Å²) in [6.07, 6.45) is 2.46. The van der Waals surface area contributed by atoms with Gasteiger partial charge in [-0.05, 0) is 18.7 Å². The molecule has 0 bridgehead atoms. The van der Waals surface area contributed by atoms with Crippen molar-refractivity contribution in [3.8, 4) is 17.1 Å². The standard InChI is InChI=1S/C20H18ClF3N6O2.ClH/c21-5-10(6-25)8-32-20-15(7-27-9-28-20)29-19(31)18-14(26)4-13(24)17(30-18)16-11(22)2-1-3-12(16)23;/h1-4,7,9-10H,5-6,8,25-26H2,(H,29,31);1H. The van der Waals surface area contributed by atoms with Crippen molar-refractivity contribution in [1.29, 1.82) is 0 Å². The van der Waals surface area contributed by atoms with Gasteiger partial charge in [0, 0.05) is 17.9 Å². The van der Waals surface area contributed by atoms with Crippen molar-refractivity contribution < 1.29 is 22.7 Å². The molecule has 0 aliphatic rings. The van der Waals surface area contributed by atoms with Crippen molar-refractivity contribution in [2.75, 3.05) is 30.1 Å². The Bertz CT molecular complexity index is 1110. The lowest BCUT2D eigenvalue weighted by molar-refractivity contribution is 0.102. The second kappa shape index (κ2) is 11.6. The highest BCUT2D eigenvalue weighted by atomic mass is 35.5. The third-order valence-corrected chi connectivity index (χ3v) is 4.79. The number of benzene rings is 1. The maximum absolute atomic E-state index is 14.4. The normalized spacial score (nSPS) is 11.4. The summed E-state index contributed by atoms with van der Waals surface area (Å²) < 4.78 is 48.2. The molecule has 3 aromatic rings. The number of carbonyl (C=O) groups is 1. The predicted octanol–water partition coefficient (Wildman–Crippen LogP) is 3.40. The Balaban J connectivity index is 0.00000385. The molecule has 0 aliphatic carbocycles. The molecule has 1 amide bonds. The quantitative estimate of drug-likeness (QED) is 0.402. The van der Waals surface area contributed by atoms with Gasteiger partial charge in [-0.2, -0.15) is 4.98 Å². The highest BCUT2D eigenvalue weighted by molar-refractivity contribution is 6.18. The molecule has 1 atom stereocenters. The molecule has 0 saturated carbocycles. The number of hydrogen-bond acceptors (Lipinski definition) is 7. The summed E-state index contributed by atoms with van der Waals surface area (Å²) in [5.41, 5.74) is 9.15. The van der Waals surface area contributed by atoms with Gasteiger partial charge in [-0.3, -0.25) is 4.79 Å². The van der Waals surface area contributed by atoms with Crippen LogP contribution in [0.2, 0.25) is 0 Å². The minimum Gasteiger partial charge on any atom is -0.476 e. The average molecular weight is 503 g/mol. The highest BCUT2D eigenvalue weighted by Gasteiger charge is 2.23. The van der Waals surface area contributed by atoms with Crippen molar-refractivity contribution >= 4 is 41.3 Å². The molecule has 33 heavy (non-hydrogen) atoms. The van der Waals surface area contributed by atoms with Gasteiger partial charge in [-0.25, -0.2) is 23.1 Å². The molecule has 2 aromatic heterocycles. The van der Waals surface area contributed by atoms with Gasteiger partial charge in [0.2, 0.25) is 5.88 Å². The molecule has 1 unspecified atom stereocenters. The number of alkyl halides is 1. The van der Waals surface area contributed by atoms with E-state index < -0.39 is 40.3 Å². The van der Waals surface area contributed by atoms with Crippen LogP contribution in [0.25, 0.3) is 11.3 Å². The molecule has 0 radical (unpaired) electrons. The number of ether oxygens (including phenoxy) is 1. The largest absolute Gasteiger partial charge is 0.476 e. The maximum atomic E-state index is 14.4. The summed E-state index contributed by atoms with van der Waals surface area (Å²) in [7, 11) is 0. The van der Waals surface area contributed by atoms with E-state index in [0.717, 1.165) is 24.3 Å². The van der Waals surface area contributed by atoms with Crippen LogP contribution in [0.15, 0.2) is 36.8 Å². The highest BCUT2D eigenvalue weighted by Crippen LogP contribution is 2.29. The summed E-state index contributed by atoms with van der Waals surface area (Å²) in [5, 5.41) is 2.45. The number of nitrogens with one attached hydrogen (secondary N) is 1. The van der Waals surface area contributed by atoms with Crippen LogP contribution in [0.1, 0.15) is 10.5 Å². The van der Waals surface area contributed by atoms with Gasteiger partial charge in [-0.15, -0.1) is 24.0 Å². The van der Waals surface area contributed by atoms with Crippen molar-refractivity contribution in [3.63, 3.8) is 0 Å². The van der Waals surface area contributed by atoms with Crippen LogP contribution in [-0.4, -0.2) is 39.9 Å². The minimum atomic E-state index is -1.09. The zero-order valence-corrected chi connectivity index (χ0v) is 18.5. The zero-order valence-electron chi connectivity index (χ0n) is 16.9. The number of nitrogen functional groups attached to an aromatic ring is 1. The third kappa shape index (κ3) is 6.01. The first-order chi connectivity index (χ1) is 15.3. The van der Waals surface area contributed by atoms with E-state index in [1.807, 2.05) is 0 Å². The summed E-state index contributed by atoms with van der Waals surface area (Å²) in [6, 6.07) is 3.76. The van der Waals surface area contributed by atoms with Crippen molar-refractivity contribution in [2.24, 2.45) is 11.7 Å². The van der Waals surface area contributed by atoms with E-state index in [9.17, 15) is 18.0 Å². The number of hydrogen-bond donors (Lipinski definition) is 3. The summed E-state index contributed by atoms with van der Waals surface area (Å²) in [5.74, 6) is -3.95. The lowest BCUT2D eigenvalue weighted by atomic mass is 10.1. The van der Waals surface area contributed by atoms with E-state index in [4.69, 9.17) is 27.8 Å². The molecule has 176 valence electrons. The fourth-order valence-electron chi connectivity index (χ4n) is 2.66. The van der Waals surface area contributed by atoms with Gasteiger partial charge in [0.15, 0.2) is 11.5 Å². The van der Waals surface area contributed by atoms with Gasteiger partial charge >= 0.3 is 0 Å². The van der Waals surface area contributed by atoms with Gasteiger partial charge < -0.3 is 21.5 Å². The SMILES string of the molecule is Cl.NCC(CCl)COc1ncncc1NC(=O)c1nc(-c2c(F)cccc2F)c(F)cc1N. The third-order valence-electron chi connectivity index (χ3n) is 4.35. The molecule has 8 nitrogen and oxygen atoms in total. The van der Waals surface area contributed by atoms with E-state index in [1.165, 1.54) is 12.5 Å². The Morgan fingerprint density at radius 1 is 1.21 bits per heavy atom. The van der Waals surface area contributed by atoms with Crippen molar-refractivity contribution in [2.45, 2.75) is 0 Å². The molecular weight excluding hydrogens is 484 g/mol. The van der Waals surface area contributed by atoms with Gasteiger partial charge in [0.25, 0.3) is 5.91 Å². The first-order valence-corrected chi connectivity index (χ1v) is 9.79. The van der Waals surface area contributed by atoms with Crippen LogP contribution < -0.4 is 21.5 Å². The number of nitrogens with two attached hydrogens (primary N) is 2. The Morgan fingerprint density at radius 2 is 1.91 bits per heavy atom. The lowest BCUT2D eigenvalue weighted by Crippen LogP contribution is -2.24. The lowest BCUT2D eigenvalue weighted by Gasteiger charge is -2.15. The molecule has 13 heteroatoms. The number of aromatic nitrogens is 3.